The summed E-state index contributed by atoms with van der Waals surface area (Å²) >= 11 is 0. The van der Waals surface area contributed by atoms with E-state index in [0.29, 0.717) is 5.56 Å². The van der Waals surface area contributed by atoms with Crippen LogP contribution in [0.15, 0.2) is 48.5 Å². The molecule has 0 aliphatic rings. The minimum atomic E-state index is -1.32. The van der Waals surface area contributed by atoms with E-state index in [1.54, 1.807) is 67.5 Å². The third-order valence-electron chi connectivity index (χ3n) is 6.63. The number of hydrogen-bond acceptors (Lipinski definition) is 6. The molecular weight excluding hydrogens is 558 g/mol. The van der Waals surface area contributed by atoms with Crippen LogP contribution in [0.1, 0.15) is 83.7 Å². The predicted molar refractivity (Wildman–Crippen MR) is 170 cm³/mol. The molecule has 0 saturated carbocycles. The number of benzene rings is 2. The Morgan fingerprint density at radius 3 is 1.95 bits per heavy atom. The van der Waals surface area contributed by atoms with Gasteiger partial charge in [-0.2, -0.15) is 0 Å². The molecule has 0 aliphatic heterocycles. The summed E-state index contributed by atoms with van der Waals surface area (Å²) in [5.41, 5.74) is 1.51. The molecule has 0 saturated heterocycles. The van der Waals surface area contributed by atoms with Crippen molar-refractivity contribution >= 4 is 23.9 Å². The van der Waals surface area contributed by atoms with Crippen molar-refractivity contribution in [2.24, 2.45) is 5.92 Å². The number of aryl methyl sites for hydroxylation is 2. The van der Waals surface area contributed by atoms with Gasteiger partial charge >= 0.3 is 12.1 Å². The third-order valence-corrected chi connectivity index (χ3v) is 6.63. The number of ether oxygens (including phenoxy) is 2. The lowest BCUT2D eigenvalue weighted by Crippen LogP contribution is -2.55. The van der Waals surface area contributed by atoms with Crippen LogP contribution in [0, 0.1) is 32.2 Å². The van der Waals surface area contributed by atoms with Gasteiger partial charge in [0.1, 0.15) is 29.3 Å². The van der Waals surface area contributed by atoms with E-state index < -0.39 is 59.1 Å². The summed E-state index contributed by atoms with van der Waals surface area (Å²) in [6, 6.07) is 13.4. The molecule has 2 rings (SSSR count). The predicted octanol–water partition coefficient (Wildman–Crippen LogP) is 5.38. The number of carbonyl (C=O) groups excluding carboxylic acids is 4. The van der Waals surface area contributed by atoms with Crippen molar-refractivity contribution in [3.63, 3.8) is 0 Å². The minimum absolute atomic E-state index is 0.153. The Kier molecular flexibility index (Phi) is 12.2. The van der Waals surface area contributed by atoms with E-state index >= 15 is 0 Å². The summed E-state index contributed by atoms with van der Waals surface area (Å²) in [7, 11) is 0. The molecule has 9 heteroatoms. The Hall–Kier alpha value is -4.32. The largest absolute Gasteiger partial charge is 0.458 e. The molecule has 0 radical (unpaired) electrons. The van der Waals surface area contributed by atoms with Crippen LogP contribution in [0.3, 0.4) is 0 Å². The van der Waals surface area contributed by atoms with E-state index in [1.165, 1.54) is 0 Å². The Morgan fingerprint density at radius 2 is 1.45 bits per heavy atom. The van der Waals surface area contributed by atoms with E-state index in [-0.39, 0.29) is 6.42 Å². The molecule has 0 bridgehead atoms. The summed E-state index contributed by atoms with van der Waals surface area (Å²) in [5, 5.41) is 5.43. The Bertz CT molecular complexity index is 1370. The standard InChI is InChI=1S/C35H47N3O6/c1-12-38(31(40)28(22(2)3)37-33(42)44-35(9,10)11)29(26-19-18-23(4)24(5)20-26)30(39)36-27(32(41)43-34(6,7)8)21-25-16-14-13-15-17-25/h1,13-20,22,27-29H,21H2,2-11H3,(H,36,39)(H,37,42). The molecule has 3 amide bonds. The van der Waals surface area contributed by atoms with Gasteiger partial charge in [0.05, 0.1) is 0 Å². The van der Waals surface area contributed by atoms with E-state index in [0.717, 1.165) is 21.6 Å². The Labute approximate surface area is 262 Å². The first kappa shape index (κ1) is 35.9. The molecule has 0 heterocycles. The SMILES string of the molecule is C#CN(C(=O)C(NC(=O)OC(C)(C)C)C(C)C)C(C(=O)NC(Cc1ccccc1)C(=O)OC(C)(C)C)c1ccc(C)c(C)c1. The Balaban J connectivity index is 2.57. The molecule has 2 aromatic rings. The van der Waals surface area contributed by atoms with Crippen molar-refractivity contribution < 1.29 is 28.7 Å². The first-order valence-electron chi connectivity index (χ1n) is 14.8. The molecule has 2 N–H and O–H groups in total. The fraction of sp³-hybridized carbons (Fsp3) is 0.486. The number of alkyl carbamates (subject to hydrolysis) is 1. The smallest absolute Gasteiger partial charge is 0.408 e. The van der Waals surface area contributed by atoms with E-state index in [2.05, 4.69) is 16.7 Å². The number of terminal acetylenes is 1. The van der Waals surface area contributed by atoms with Crippen LogP contribution in [0.5, 0.6) is 0 Å². The van der Waals surface area contributed by atoms with Gasteiger partial charge in [-0.1, -0.05) is 68.8 Å². The first-order valence-corrected chi connectivity index (χ1v) is 14.8. The second kappa shape index (κ2) is 14.9. The van der Waals surface area contributed by atoms with Gasteiger partial charge in [0, 0.05) is 12.5 Å². The molecule has 238 valence electrons. The quantitative estimate of drug-likeness (QED) is 0.214. The lowest BCUT2D eigenvalue weighted by Gasteiger charge is -2.33. The second-order valence-corrected chi connectivity index (χ2v) is 13.2. The summed E-state index contributed by atoms with van der Waals surface area (Å²) in [5.74, 6) is -2.38. The van der Waals surface area contributed by atoms with Crippen LogP contribution < -0.4 is 10.6 Å². The highest BCUT2D eigenvalue weighted by Crippen LogP contribution is 2.26. The van der Waals surface area contributed by atoms with Gasteiger partial charge in [-0.25, -0.2) is 9.59 Å². The highest BCUT2D eigenvalue weighted by atomic mass is 16.6. The summed E-state index contributed by atoms with van der Waals surface area (Å²) in [4.78, 5) is 55.2. The lowest BCUT2D eigenvalue weighted by molar-refractivity contribution is -0.159. The maximum Gasteiger partial charge on any atom is 0.408 e. The maximum atomic E-state index is 14.2. The lowest BCUT2D eigenvalue weighted by atomic mass is 9.96. The second-order valence-electron chi connectivity index (χ2n) is 13.2. The van der Waals surface area contributed by atoms with Gasteiger partial charge in [-0.05, 0) is 83.6 Å². The first-order chi connectivity index (χ1) is 20.3. The van der Waals surface area contributed by atoms with Crippen LogP contribution in [0.2, 0.25) is 0 Å². The average molecular weight is 606 g/mol. The number of amides is 3. The molecule has 44 heavy (non-hydrogen) atoms. The Morgan fingerprint density at radius 1 is 0.864 bits per heavy atom. The van der Waals surface area contributed by atoms with Crippen LogP contribution in [0.4, 0.5) is 4.79 Å². The van der Waals surface area contributed by atoms with Crippen LogP contribution >= 0.6 is 0 Å². The third kappa shape index (κ3) is 10.7. The van der Waals surface area contributed by atoms with E-state index in [4.69, 9.17) is 15.9 Å². The highest BCUT2D eigenvalue weighted by Gasteiger charge is 2.39. The monoisotopic (exact) mass is 605 g/mol. The number of nitrogens with one attached hydrogen (secondary N) is 2. The van der Waals surface area contributed by atoms with Crippen molar-refractivity contribution in [1.29, 1.82) is 0 Å². The zero-order valence-electron chi connectivity index (χ0n) is 27.6. The van der Waals surface area contributed by atoms with Crippen molar-refractivity contribution in [1.82, 2.24) is 15.5 Å². The molecule has 0 fully saturated rings. The maximum absolute atomic E-state index is 14.2. The number of rotatable bonds is 10. The number of carbonyl (C=O) groups is 4. The molecule has 0 aromatic heterocycles. The number of esters is 1. The molecular formula is C35H47N3O6. The van der Waals surface area contributed by atoms with Gasteiger partial charge in [-0.15, -0.1) is 0 Å². The molecule has 9 nitrogen and oxygen atoms in total. The van der Waals surface area contributed by atoms with Crippen molar-refractivity contribution in [3.05, 3.63) is 70.8 Å². The average Bonchev–Trinajstić information content (AvgIpc) is 2.89. The summed E-state index contributed by atoms with van der Waals surface area (Å²) in [6.07, 6.45) is 5.29. The van der Waals surface area contributed by atoms with Crippen LogP contribution in [0.25, 0.3) is 0 Å². The fourth-order valence-corrected chi connectivity index (χ4v) is 4.38. The molecule has 3 unspecified atom stereocenters. The van der Waals surface area contributed by atoms with Crippen molar-refractivity contribution in [2.45, 2.75) is 105 Å². The van der Waals surface area contributed by atoms with Gasteiger partial charge in [-0.3, -0.25) is 14.5 Å². The molecule has 0 spiro atoms. The minimum Gasteiger partial charge on any atom is -0.458 e. The number of hydrogen-bond donors (Lipinski definition) is 2. The topological polar surface area (TPSA) is 114 Å². The molecule has 0 aliphatic carbocycles. The van der Waals surface area contributed by atoms with Crippen molar-refractivity contribution in [2.75, 3.05) is 0 Å². The number of nitrogens with zero attached hydrogens (tertiary/aromatic N) is 1. The van der Waals surface area contributed by atoms with Crippen LogP contribution in [-0.4, -0.2) is 52.1 Å². The van der Waals surface area contributed by atoms with Gasteiger partial charge in [0.25, 0.3) is 5.91 Å². The van der Waals surface area contributed by atoms with E-state index in [1.807, 2.05) is 50.2 Å². The zero-order chi connectivity index (χ0) is 33.4. The fourth-order valence-electron chi connectivity index (χ4n) is 4.38. The van der Waals surface area contributed by atoms with Gasteiger partial charge in [0.15, 0.2) is 0 Å². The zero-order valence-corrected chi connectivity index (χ0v) is 27.6. The van der Waals surface area contributed by atoms with Gasteiger partial charge < -0.3 is 20.1 Å². The summed E-state index contributed by atoms with van der Waals surface area (Å²) < 4.78 is 11.0. The summed E-state index contributed by atoms with van der Waals surface area (Å²) in [6.45, 7) is 17.7. The molecule has 3 atom stereocenters. The van der Waals surface area contributed by atoms with E-state index in [9.17, 15) is 19.2 Å². The van der Waals surface area contributed by atoms with Gasteiger partial charge in [0.2, 0.25) is 5.91 Å². The molecule has 2 aromatic carbocycles. The highest BCUT2D eigenvalue weighted by molar-refractivity contribution is 5.95. The van der Waals surface area contributed by atoms with Crippen LogP contribution in [-0.2, 0) is 30.3 Å². The normalized spacial score (nSPS) is 13.6. The van der Waals surface area contributed by atoms with Crippen molar-refractivity contribution in [3.8, 4) is 12.5 Å².